The van der Waals surface area contributed by atoms with Crippen LogP contribution in [-0.2, 0) is 4.74 Å². The molecule has 1 saturated heterocycles. The van der Waals surface area contributed by atoms with Gasteiger partial charge in [-0.05, 0) is 55.5 Å². The molecule has 2 amide bonds. The lowest BCUT2D eigenvalue weighted by atomic mass is 10.1. The van der Waals surface area contributed by atoms with E-state index < -0.39 is 0 Å². The van der Waals surface area contributed by atoms with Gasteiger partial charge in [-0.15, -0.1) is 0 Å². The number of aryl methyl sites for hydroxylation is 1. The van der Waals surface area contributed by atoms with Gasteiger partial charge in [-0.25, -0.2) is 13.7 Å². The van der Waals surface area contributed by atoms with Gasteiger partial charge in [0.25, 0.3) is 0 Å². The number of anilines is 3. The fourth-order valence-electron chi connectivity index (χ4n) is 4.33. The van der Waals surface area contributed by atoms with Crippen molar-refractivity contribution in [3.05, 3.63) is 77.9 Å². The number of carbonyl (C=O) groups is 1. The predicted molar refractivity (Wildman–Crippen MR) is 145 cm³/mol. The summed E-state index contributed by atoms with van der Waals surface area (Å²) in [6, 6.07) is 14.8. The van der Waals surface area contributed by atoms with Crippen LogP contribution in [0.2, 0.25) is 0 Å². The molecule has 0 bridgehead atoms. The van der Waals surface area contributed by atoms with E-state index in [2.05, 4.69) is 32.0 Å². The lowest BCUT2D eigenvalue weighted by molar-refractivity contribution is 0.0388. The van der Waals surface area contributed by atoms with E-state index in [0.29, 0.717) is 53.7 Å². The van der Waals surface area contributed by atoms with Crippen LogP contribution >= 0.6 is 0 Å². The van der Waals surface area contributed by atoms with Crippen LogP contribution in [0.4, 0.5) is 26.2 Å². The highest BCUT2D eigenvalue weighted by atomic mass is 19.1. The van der Waals surface area contributed by atoms with Crippen molar-refractivity contribution in [3.63, 3.8) is 0 Å². The summed E-state index contributed by atoms with van der Waals surface area (Å²) in [4.78, 5) is 14.8. The molecule has 0 spiro atoms. The van der Waals surface area contributed by atoms with Gasteiger partial charge in [0, 0.05) is 37.4 Å². The van der Waals surface area contributed by atoms with Crippen LogP contribution < -0.4 is 20.7 Å². The monoisotopic (exact) mass is 529 g/mol. The Balaban J connectivity index is 1.29. The molecular formula is C28H28FN7O3. The maximum Gasteiger partial charge on any atom is 0.319 e. The number of carbonyl (C=O) groups excluding carboxylic acids is 1. The molecule has 5 rings (SSSR count). The molecule has 3 N–H and O–H groups in total. The van der Waals surface area contributed by atoms with Crippen LogP contribution in [0, 0.1) is 24.1 Å². The molecule has 10 nitrogen and oxygen atoms in total. The number of nitrogens with one attached hydrogen (secondary N) is 3. The summed E-state index contributed by atoms with van der Waals surface area (Å²) in [5.74, 6) is 0.772. The lowest BCUT2D eigenvalue weighted by Gasteiger charge is -2.26. The van der Waals surface area contributed by atoms with Crippen molar-refractivity contribution < 1.29 is 18.7 Å². The molecule has 0 radical (unpaired) electrons. The minimum atomic E-state index is -0.331. The molecule has 2 aromatic carbocycles. The number of amides is 2. The number of fused-ring (bicyclic) bond motifs is 1. The Morgan fingerprint density at radius 2 is 1.82 bits per heavy atom. The number of nitrogens with zero attached hydrogens (tertiary/aromatic N) is 4. The Morgan fingerprint density at radius 3 is 2.51 bits per heavy atom. The minimum absolute atomic E-state index is 0.311. The third-order valence-corrected chi connectivity index (χ3v) is 6.42. The van der Waals surface area contributed by atoms with E-state index in [4.69, 9.17) is 9.47 Å². The topological polar surface area (TPSA) is 116 Å². The zero-order valence-corrected chi connectivity index (χ0v) is 21.4. The van der Waals surface area contributed by atoms with Crippen LogP contribution in [0.15, 0.2) is 60.9 Å². The molecule has 1 aliphatic heterocycles. The largest absolute Gasteiger partial charge is 0.457 e. The third kappa shape index (κ3) is 6.26. The number of halogens is 1. The van der Waals surface area contributed by atoms with Gasteiger partial charge in [-0.3, -0.25) is 4.90 Å². The van der Waals surface area contributed by atoms with E-state index in [-0.39, 0.29) is 11.8 Å². The first kappa shape index (κ1) is 26.0. The van der Waals surface area contributed by atoms with E-state index in [1.54, 1.807) is 35.0 Å². The number of hydrogen-bond donors (Lipinski definition) is 3. The Hall–Kier alpha value is -4.66. The standard InChI is InChI=1S/C28H28FN7O3/c1-19-25(34-28(37)31-10-11-35-12-14-38-15-13-35)18-36-27(19)26(20(16-30)17-32-36)33-22-4-8-24(9-5-22)39-23-6-2-21(29)3-7-23/h2-9,17-18,33H,10-15H2,1H3,(H2,31,34,37). The molecule has 11 heteroatoms. The molecule has 1 aliphatic rings. The quantitative estimate of drug-likeness (QED) is 0.304. The zero-order chi connectivity index (χ0) is 27.2. The first-order chi connectivity index (χ1) is 19.0. The molecule has 1 fully saturated rings. The molecule has 0 saturated carbocycles. The van der Waals surface area contributed by atoms with Crippen molar-refractivity contribution in [2.24, 2.45) is 0 Å². The van der Waals surface area contributed by atoms with Crippen LogP contribution in [-0.4, -0.2) is 59.9 Å². The number of benzene rings is 2. The van der Waals surface area contributed by atoms with Gasteiger partial charge in [0.1, 0.15) is 23.4 Å². The van der Waals surface area contributed by atoms with Crippen molar-refractivity contribution in [2.75, 3.05) is 50.0 Å². The molecule has 0 unspecified atom stereocenters. The normalized spacial score (nSPS) is 13.6. The average molecular weight is 530 g/mol. The molecule has 200 valence electrons. The van der Waals surface area contributed by atoms with Gasteiger partial charge in [0.2, 0.25) is 0 Å². The highest BCUT2D eigenvalue weighted by Crippen LogP contribution is 2.33. The van der Waals surface area contributed by atoms with E-state index in [1.807, 2.05) is 19.1 Å². The number of aromatic nitrogens is 2. The Labute approximate surface area is 224 Å². The van der Waals surface area contributed by atoms with Gasteiger partial charge >= 0.3 is 6.03 Å². The van der Waals surface area contributed by atoms with Crippen molar-refractivity contribution >= 4 is 28.6 Å². The van der Waals surface area contributed by atoms with Crippen LogP contribution in [0.3, 0.4) is 0 Å². The van der Waals surface area contributed by atoms with Crippen molar-refractivity contribution in [3.8, 4) is 17.6 Å². The first-order valence-electron chi connectivity index (χ1n) is 12.6. The van der Waals surface area contributed by atoms with Gasteiger partial charge in [0.05, 0.1) is 48.1 Å². The maximum absolute atomic E-state index is 13.1. The number of morpholine rings is 1. The summed E-state index contributed by atoms with van der Waals surface area (Å²) in [5, 5.41) is 23.2. The smallest absolute Gasteiger partial charge is 0.319 e. The van der Waals surface area contributed by atoms with E-state index in [1.165, 1.54) is 18.3 Å². The summed E-state index contributed by atoms with van der Waals surface area (Å²) >= 11 is 0. The SMILES string of the molecule is Cc1c(NC(=O)NCCN2CCOCC2)cn2ncc(C#N)c(Nc3ccc(Oc4ccc(F)cc4)cc3)c12. The Morgan fingerprint density at radius 1 is 1.13 bits per heavy atom. The van der Waals surface area contributed by atoms with Crippen molar-refractivity contribution in [1.29, 1.82) is 5.26 Å². The maximum atomic E-state index is 13.1. The Bertz CT molecular complexity index is 1490. The molecule has 4 aromatic rings. The Kier molecular flexibility index (Phi) is 7.86. The summed E-state index contributed by atoms with van der Waals surface area (Å²) in [6.07, 6.45) is 3.20. The average Bonchev–Trinajstić information content (AvgIpc) is 3.26. The predicted octanol–water partition coefficient (Wildman–Crippen LogP) is 4.64. The number of hydrogen-bond acceptors (Lipinski definition) is 7. The molecule has 39 heavy (non-hydrogen) atoms. The van der Waals surface area contributed by atoms with E-state index in [9.17, 15) is 14.4 Å². The lowest BCUT2D eigenvalue weighted by Crippen LogP contribution is -2.42. The highest BCUT2D eigenvalue weighted by Gasteiger charge is 2.18. The summed E-state index contributed by atoms with van der Waals surface area (Å²) in [5.41, 5.74) is 3.68. The molecule has 2 aromatic heterocycles. The summed E-state index contributed by atoms with van der Waals surface area (Å²) in [7, 11) is 0. The second-order valence-electron chi connectivity index (χ2n) is 9.05. The molecule has 0 aliphatic carbocycles. The van der Waals surface area contributed by atoms with Crippen molar-refractivity contribution in [1.82, 2.24) is 19.8 Å². The zero-order valence-electron chi connectivity index (χ0n) is 21.4. The molecular weight excluding hydrogens is 501 g/mol. The second kappa shape index (κ2) is 11.8. The van der Waals surface area contributed by atoms with Crippen LogP contribution in [0.1, 0.15) is 11.1 Å². The number of nitriles is 1. The molecule has 3 heterocycles. The van der Waals surface area contributed by atoms with E-state index >= 15 is 0 Å². The third-order valence-electron chi connectivity index (χ3n) is 6.42. The minimum Gasteiger partial charge on any atom is -0.457 e. The van der Waals surface area contributed by atoms with E-state index in [0.717, 1.165) is 30.9 Å². The summed E-state index contributed by atoms with van der Waals surface area (Å²) < 4.78 is 25.9. The van der Waals surface area contributed by atoms with Crippen molar-refractivity contribution in [2.45, 2.75) is 6.92 Å². The highest BCUT2D eigenvalue weighted by molar-refractivity contribution is 5.94. The van der Waals surface area contributed by atoms with Gasteiger partial charge in [-0.2, -0.15) is 10.4 Å². The number of urea groups is 1. The fourth-order valence-corrected chi connectivity index (χ4v) is 4.33. The molecule has 0 atom stereocenters. The van der Waals surface area contributed by atoms with Crippen LogP contribution in [0.5, 0.6) is 11.5 Å². The fraction of sp³-hybridized carbons (Fsp3) is 0.250. The summed E-state index contributed by atoms with van der Waals surface area (Å²) in [6.45, 7) is 6.28. The van der Waals surface area contributed by atoms with Crippen LogP contribution in [0.25, 0.3) is 5.52 Å². The second-order valence-corrected chi connectivity index (χ2v) is 9.05. The first-order valence-corrected chi connectivity index (χ1v) is 12.6. The number of ether oxygens (including phenoxy) is 2. The number of rotatable bonds is 8. The van der Waals surface area contributed by atoms with Gasteiger partial charge < -0.3 is 25.4 Å². The van der Waals surface area contributed by atoms with Gasteiger partial charge in [-0.1, -0.05) is 0 Å². The van der Waals surface area contributed by atoms with Gasteiger partial charge in [0.15, 0.2) is 0 Å².